The van der Waals surface area contributed by atoms with Crippen molar-refractivity contribution in [2.24, 2.45) is 11.8 Å². The lowest BCUT2D eigenvalue weighted by molar-refractivity contribution is -0.120. The summed E-state index contributed by atoms with van der Waals surface area (Å²) in [5, 5.41) is 3.03. The number of methoxy groups -OCH3 is 2. The highest BCUT2D eigenvalue weighted by Gasteiger charge is 2.40. The second-order valence-corrected chi connectivity index (χ2v) is 9.06. The summed E-state index contributed by atoms with van der Waals surface area (Å²) in [5.41, 5.74) is 0.289. The van der Waals surface area contributed by atoms with Crippen LogP contribution in [0.4, 0.5) is 5.69 Å². The Hall–Kier alpha value is -1.96. The molecular weight excluding hydrogens is 356 g/mol. The average molecular weight is 382 g/mol. The Morgan fingerprint density at radius 1 is 1.23 bits per heavy atom. The lowest BCUT2D eigenvalue weighted by Crippen LogP contribution is -2.45. The fraction of sp³-hybridized carbons (Fsp3) is 0.611. The van der Waals surface area contributed by atoms with Crippen molar-refractivity contribution in [1.29, 1.82) is 0 Å². The van der Waals surface area contributed by atoms with Crippen LogP contribution in [0.15, 0.2) is 18.2 Å². The van der Waals surface area contributed by atoms with Crippen molar-refractivity contribution in [3.05, 3.63) is 18.2 Å². The topological polar surface area (TPSA) is 84.9 Å². The van der Waals surface area contributed by atoms with Gasteiger partial charge in [-0.05, 0) is 43.2 Å². The summed E-state index contributed by atoms with van der Waals surface area (Å²) >= 11 is 0. The highest BCUT2D eigenvalue weighted by molar-refractivity contribution is 7.92. The van der Waals surface area contributed by atoms with Gasteiger partial charge in [-0.25, -0.2) is 8.42 Å². The van der Waals surface area contributed by atoms with Crippen molar-refractivity contribution < 1.29 is 22.7 Å². The molecule has 0 heterocycles. The van der Waals surface area contributed by atoms with Gasteiger partial charge >= 0.3 is 0 Å². The molecule has 144 valence electrons. The molecular formula is C18H26N2O5S. The summed E-state index contributed by atoms with van der Waals surface area (Å²) in [6.45, 7) is -0.282. The van der Waals surface area contributed by atoms with Gasteiger partial charge in [0.05, 0.1) is 26.2 Å². The highest BCUT2D eigenvalue weighted by Crippen LogP contribution is 2.44. The zero-order valence-corrected chi connectivity index (χ0v) is 16.2. The number of anilines is 1. The Morgan fingerprint density at radius 3 is 2.54 bits per heavy atom. The van der Waals surface area contributed by atoms with E-state index in [1.165, 1.54) is 27.1 Å². The number of amides is 1. The quantitative estimate of drug-likeness (QED) is 0.777. The van der Waals surface area contributed by atoms with Gasteiger partial charge < -0.3 is 14.8 Å². The number of ether oxygens (including phenoxy) is 2. The largest absolute Gasteiger partial charge is 0.497 e. The van der Waals surface area contributed by atoms with E-state index in [0.717, 1.165) is 23.4 Å². The van der Waals surface area contributed by atoms with Crippen molar-refractivity contribution in [1.82, 2.24) is 5.32 Å². The van der Waals surface area contributed by atoms with E-state index < -0.39 is 10.0 Å². The van der Waals surface area contributed by atoms with Crippen LogP contribution in [-0.2, 0) is 14.8 Å². The smallest absolute Gasteiger partial charge is 0.241 e. The molecule has 0 aliphatic heterocycles. The van der Waals surface area contributed by atoms with Crippen LogP contribution in [0.1, 0.15) is 25.7 Å². The summed E-state index contributed by atoms with van der Waals surface area (Å²) in [4.78, 5) is 12.6. The van der Waals surface area contributed by atoms with Crippen molar-refractivity contribution in [2.75, 3.05) is 31.3 Å². The van der Waals surface area contributed by atoms with Crippen molar-refractivity contribution in [3.8, 4) is 11.5 Å². The number of nitrogens with one attached hydrogen (secondary N) is 1. The van der Waals surface area contributed by atoms with Gasteiger partial charge in [0.2, 0.25) is 15.9 Å². The first kappa shape index (κ1) is 18.8. The summed E-state index contributed by atoms with van der Waals surface area (Å²) in [7, 11) is -0.720. The normalized spacial score (nSPS) is 24.3. The summed E-state index contributed by atoms with van der Waals surface area (Å²) in [6, 6.07) is 5.03. The molecule has 2 aliphatic rings. The number of sulfonamides is 1. The number of carbonyl (C=O) groups is 1. The van der Waals surface area contributed by atoms with Crippen molar-refractivity contribution in [2.45, 2.75) is 31.7 Å². The van der Waals surface area contributed by atoms with E-state index >= 15 is 0 Å². The summed E-state index contributed by atoms with van der Waals surface area (Å²) in [6.07, 6.45) is 5.64. The minimum Gasteiger partial charge on any atom is -0.497 e. The predicted molar refractivity (Wildman–Crippen MR) is 99.1 cm³/mol. The lowest BCUT2D eigenvalue weighted by Gasteiger charge is -2.27. The molecule has 2 bridgehead atoms. The second-order valence-electron chi connectivity index (χ2n) is 7.16. The van der Waals surface area contributed by atoms with Gasteiger partial charge in [0.1, 0.15) is 18.0 Å². The Bertz CT molecular complexity index is 780. The van der Waals surface area contributed by atoms with E-state index in [1.807, 2.05) is 0 Å². The molecule has 0 saturated heterocycles. The fourth-order valence-corrected chi connectivity index (χ4v) is 5.03. The number of fused-ring (bicyclic) bond motifs is 2. The molecule has 1 aromatic carbocycles. The average Bonchev–Trinajstić information content (AvgIpc) is 3.21. The number of rotatable bonds is 7. The zero-order valence-electron chi connectivity index (χ0n) is 15.4. The van der Waals surface area contributed by atoms with Crippen molar-refractivity contribution >= 4 is 21.6 Å². The Morgan fingerprint density at radius 2 is 2.00 bits per heavy atom. The number of hydrogen-bond donors (Lipinski definition) is 1. The van der Waals surface area contributed by atoms with Gasteiger partial charge in [-0.1, -0.05) is 6.42 Å². The molecule has 1 amide bonds. The maximum Gasteiger partial charge on any atom is 0.241 e. The number of benzene rings is 1. The number of hydrogen-bond acceptors (Lipinski definition) is 5. The van der Waals surface area contributed by atoms with Gasteiger partial charge in [0.15, 0.2) is 0 Å². The standard InChI is InChI=1S/C18H26N2O5S/c1-24-14-6-7-17(25-2)16(10-14)20(26(3,22)23)11-18(21)19-15-9-12-4-5-13(15)8-12/h6-7,10,12-13,15H,4-5,8-9,11H2,1-3H3,(H,19,21). The molecule has 2 aliphatic carbocycles. The van der Waals surface area contributed by atoms with Crippen molar-refractivity contribution in [3.63, 3.8) is 0 Å². The van der Waals surface area contributed by atoms with Crippen LogP contribution < -0.4 is 19.1 Å². The van der Waals surface area contributed by atoms with Crippen LogP contribution in [0.25, 0.3) is 0 Å². The minimum absolute atomic E-state index is 0.162. The SMILES string of the molecule is COc1ccc(OC)c(N(CC(=O)NC2CC3CCC2C3)S(C)(=O)=O)c1. The van der Waals surface area contributed by atoms with Crippen LogP contribution in [0.2, 0.25) is 0 Å². The first-order chi connectivity index (χ1) is 12.3. The summed E-state index contributed by atoms with van der Waals surface area (Å²) < 4.78 is 36.2. The Balaban J connectivity index is 1.80. The lowest BCUT2D eigenvalue weighted by atomic mass is 9.95. The third-order valence-corrected chi connectivity index (χ3v) is 6.55. The number of nitrogens with zero attached hydrogens (tertiary/aromatic N) is 1. The van der Waals surface area contributed by atoms with Crippen LogP contribution in [0.5, 0.6) is 11.5 Å². The highest BCUT2D eigenvalue weighted by atomic mass is 32.2. The van der Waals surface area contributed by atoms with Crippen LogP contribution in [0, 0.1) is 11.8 Å². The van der Waals surface area contributed by atoms with Gasteiger partial charge in [0, 0.05) is 12.1 Å². The van der Waals surface area contributed by atoms with Crippen LogP contribution in [-0.4, -0.2) is 47.4 Å². The maximum absolute atomic E-state index is 12.6. The van der Waals surface area contributed by atoms with E-state index in [-0.39, 0.29) is 24.2 Å². The molecule has 0 spiro atoms. The number of carbonyl (C=O) groups excluding carboxylic acids is 1. The van der Waals surface area contributed by atoms with E-state index in [4.69, 9.17) is 9.47 Å². The van der Waals surface area contributed by atoms with Gasteiger partial charge in [0.25, 0.3) is 0 Å². The van der Waals surface area contributed by atoms with E-state index in [1.54, 1.807) is 18.2 Å². The first-order valence-corrected chi connectivity index (χ1v) is 10.7. The first-order valence-electron chi connectivity index (χ1n) is 8.81. The van der Waals surface area contributed by atoms with E-state index in [2.05, 4.69) is 5.32 Å². The Kier molecular flexibility index (Phi) is 5.32. The van der Waals surface area contributed by atoms with Gasteiger partial charge in [-0.15, -0.1) is 0 Å². The van der Waals surface area contributed by atoms with Gasteiger partial charge in [-0.2, -0.15) is 0 Å². The second kappa shape index (κ2) is 7.34. The van der Waals surface area contributed by atoms with Gasteiger partial charge in [-0.3, -0.25) is 9.10 Å². The fourth-order valence-electron chi connectivity index (χ4n) is 4.18. The molecule has 0 radical (unpaired) electrons. The zero-order chi connectivity index (χ0) is 18.9. The molecule has 2 saturated carbocycles. The molecule has 3 unspecified atom stereocenters. The van der Waals surface area contributed by atoms with Crippen LogP contribution >= 0.6 is 0 Å². The van der Waals surface area contributed by atoms with E-state index in [0.29, 0.717) is 23.3 Å². The Labute approximate surface area is 154 Å². The third kappa shape index (κ3) is 3.90. The third-order valence-electron chi connectivity index (χ3n) is 5.43. The molecule has 1 aromatic rings. The van der Waals surface area contributed by atoms with E-state index in [9.17, 15) is 13.2 Å². The summed E-state index contributed by atoms with van der Waals surface area (Å²) in [5.74, 6) is 1.79. The molecule has 3 atom stereocenters. The van der Waals surface area contributed by atoms with Crippen LogP contribution in [0.3, 0.4) is 0 Å². The molecule has 7 nitrogen and oxygen atoms in total. The maximum atomic E-state index is 12.6. The monoisotopic (exact) mass is 382 g/mol. The molecule has 1 N–H and O–H groups in total. The minimum atomic E-state index is -3.68. The molecule has 26 heavy (non-hydrogen) atoms. The molecule has 3 rings (SSSR count). The predicted octanol–water partition coefficient (Wildman–Crippen LogP) is 1.77. The molecule has 0 aromatic heterocycles. The molecule has 8 heteroatoms. The molecule has 2 fully saturated rings.